The van der Waals surface area contributed by atoms with Gasteiger partial charge in [0, 0.05) is 29.8 Å². The molecular formula is C22H22N6O3S. The first-order valence-corrected chi connectivity index (χ1v) is 11.1. The predicted octanol–water partition coefficient (Wildman–Crippen LogP) is 5.48. The lowest BCUT2D eigenvalue weighted by Gasteiger charge is -2.11. The Labute approximate surface area is 189 Å². The summed E-state index contributed by atoms with van der Waals surface area (Å²) in [4.78, 5) is 10.4. The van der Waals surface area contributed by atoms with Crippen LogP contribution in [0.4, 0.5) is 5.69 Å². The summed E-state index contributed by atoms with van der Waals surface area (Å²) in [5.74, 6) is 1.60. The molecule has 0 fully saturated rings. The van der Waals surface area contributed by atoms with Crippen LogP contribution in [0.1, 0.15) is 37.0 Å². The first-order chi connectivity index (χ1) is 15.5. The zero-order chi connectivity index (χ0) is 22.7. The maximum absolute atomic E-state index is 10.8. The number of hydrogen-bond donors (Lipinski definition) is 0. The summed E-state index contributed by atoms with van der Waals surface area (Å²) in [7, 11) is 0. The van der Waals surface area contributed by atoms with Gasteiger partial charge in [0.2, 0.25) is 11.8 Å². The van der Waals surface area contributed by atoms with Gasteiger partial charge in [-0.2, -0.15) is 0 Å². The highest BCUT2D eigenvalue weighted by molar-refractivity contribution is 7.99. The first kappa shape index (κ1) is 21.7. The van der Waals surface area contributed by atoms with Gasteiger partial charge < -0.3 is 8.98 Å². The van der Waals surface area contributed by atoms with E-state index < -0.39 is 4.92 Å². The zero-order valence-electron chi connectivity index (χ0n) is 17.9. The number of nitro groups is 1. The quantitative estimate of drug-likeness (QED) is 0.197. The van der Waals surface area contributed by atoms with Crippen LogP contribution in [-0.2, 0) is 6.54 Å². The Morgan fingerprint density at radius 3 is 2.56 bits per heavy atom. The first-order valence-electron chi connectivity index (χ1n) is 10.2. The zero-order valence-corrected chi connectivity index (χ0v) is 18.7. The minimum atomic E-state index is -0.445. The molecule has 0 bridgehead atoms. The molecule has 1 atom stereocenters. The Morgan fingerprint density at radius 2 is 1.88 bits per heavy atom. The molecule has 0 radical (unpaired) electrons. The number of thioether (sulfide) groups is 1. The number of non-ortho nitro benzene ring substituents is 1. The van der Waals surface area contributed by atoms with E-state index in [1.807, 2.05) is 19.1 Å². The predicted molar refractivity (Wildman–Crippen MR) is 121 cm³/mol. The fraction of sp³-hybridized carbons (Fsp3) is 0.273. The van der Waals surface area contributed by atoms with Gasteiger partial charge in [0.25, 0.3) is 5.69 Å². The smallest absolute Gasteiger partial charge is 0.269 e. The summed E-state index contributed by atoms with van der Waals surface area (Å²) in [6.45, 7) is 6.94. The maximum atomic E-state index is 10.8. The van der Waals surface area contributed by atoms with E-state index in [4.69, 9.17) is 4.42 Å². The molecule has 9 nitrogen and oxygen atoms in total. The average molecular weight is 451 g/mol. The summed E-state index contributed by atoms with van der Waals surface area (Å²) in [6.07, 6.45) is 0.948. The second kappa shape index (κ2) is 9.31. The lowest BCUT2D eigenvalue weighted by molar-refractivity contribution is -0.384. The van der Waals surface area contributed by atoms with E-state index in [1.54, 1.807) is 12.1 Å². The highest BCUT2D eigenvalue weighted by Gasteiger charge is 2.21. The van der Waals surface area contributed by atoms with Gasteiger partial charge in [-0.15, -0.1) is 20.4 Å². The van der Waals surface area contributed by atoms with Crippen LogP contribution in [0.25, 0.3) is 22.8 Å². The topological polar surface area (TPSA) is 113 Å². The van der Waals surface area contributed by atoms with Crippen molar-refractivity contribution in [2.45, 2.75) is 44.1 Å². The molecule has 0 N–H and O–H groups in total. The second-order valence-corrected chi connectivity index (χ2v) is 8.64. The second-order valence-electron chi connectivity index (χ2n) is 7.34. The molecule has 4 rings (SSSR count). The van der Waals surface area contributed by atoms with Crippen molar-refractivity contribution in [1.82, 2.24) is 25.0 Å². The molecule has 4 aromatic rings. The SMILES string of the molecule is CCCn1c(SC(C)c2nnc(-c3ccc([N+](=O)[O-])cc3)o2)nnc1-c1cccc(C)c1. The van der Waals surface area contributed by atoms with Crippen LogP contribution in [0, 0.1) is 17.0 Å². The molecule has 164 valence electrons. The van der Waals surface area contributed by atoms with E-state index >= 15 is 0 Å². The maximum Gasteiger partial charge on any atom is 0.269 e. The van der Waals surface area contributed by atoms with Crippen LogP contribution < -0.4 is 0 Å². The van der Waals surface area contributed by atoms with Crippen molar-refractivity contribution in [1.29, 1.82) is 0 Å². The number of nitro benzene ring substituents is 1. The molecule has 0 saturated heterocycles. The fourth-order valence-electron chi connectivity index (χ4n) is 3.25. The third kappa shape index (κ3) is 4.54. The Morgan fingerprint density at radius 1 is 1.09 bits per heavy atom. The Balaban J connectivity index is 1.55. The lowest BCUT2D eigenvalue weighted by Crippen LogP contribution is -2.03. The number of benzene rings is 2. The van der Waals surface area contributed by atoms with Crippen molar-refractivity contribution in [3.05, 3.63) is 70.1 Å². The van der Waals surface area contributed by atoms with Gasteiger partial charge in [0.15, 0.2) is 11.0 Å². The van der Waals surface area contributed by atoms with Crippen LogP contribution in [0.15, 0.2) is 58.1 Å². The van der Waals surface area contributed by atoms with Crippen LogP contribution in [-0.4, -0.2) is 29.9 Å². The fourth-order valence-corrected chi connectivity index (χ4v) is 4.15. The van der Waals surface area contributed by atoms with Gasteiger partial charge in [-0.25, -0.2) is 0 Å². The van der Waals surface area contributed by atoms with Crippen molar-refractivity contribution < 1.29 is 9.34 Å². The van der Waals surface area contributed by atoms with Gasteiger partial charge in [-0.3, -0.25) is 10.1 Å². The van der Waals surface area contributed by atoms with Gasteiger partial charge >= 0.3 is 0 Å². The van der Waals surface area contributed by atoms with Gasteiger partial charge in [0.05, 0.1) is 10.2 Å². The minimum absolute atomic E-state index is 0.0112. The molecule has 0 aliphatic rings. The molecule has 0 aliphatic heterocycles. The molecular weight excluding hydrogens is 428 g/mol. The van der Waals surface area contributed by atoms with E-state index in [2.05, 4.69) is 50.9 Å². The summed E-state index contributed by atoms with van der Waals surface area (Å²) in [6, 6.07) is 14.2. The summed E-state index contributed by atoms with van der Waals surface area (Å²) >= 11 is 1.50. The molecule has 1 unspecified atom stereocenters. The largest absolute Gasteiger partial charge is 0.419 e. The molecule has 0 saturated carbocycles. The highest BCUT2D eigenvalue weighted by Crippen LogP contribution is 2.36. The van der Waals surface area contributed by atoms with Crippen LogP contribution >= 0.6 is 11.8 Å². The van der Waals surface area contributed by atoms with Gasteiger partial charge in [-0.05, 0) is 38.5 Å². The van der Waals surface area contributed by atoms with E-state index in [9.17, 15) is 10.1 Å². The summed E-state index contributed by atoms with van der Waals surface area (Å²) in [5, 5.41) is 28.6. The van der Waals surface area contributed by atoms with Crippen LogP contribution in [0.2, 0.25) is 0 Å². The van der Waals surface area contributed by atoms with Crippen molar-refractivity contribution in [2.75, 3.05) is 0 Å². The number of rotatable bonds is 8. The Kier molecular flexibility index (Phi) is 6.31. The molecule has 2 aromatic carbocycles. The Bertz CT molecular complexity index is 1230. The molecule has 32 heavy (non-hydrogen) atoms. The number of nitrogens with zero attached hydrogens (tertiary/aromatic N) is 6. The van der Waals surface area contributed by atoms with Crippen molar-refractivity contribution in [3.63, 3.8) is 0 Å². The standard InChI is InChI=1S/C22H22N6O3S/c1-4-12-27-19(17-7-5-6-14(2)13-17)23-26-22(27)32-15(3)20-24-25-21(31-20)16-8-10-18(11-9-16)28(29)30/h5-11,13,15H,4,12H2,1-3H3. The van der Waals surface area contributed by atoms with E-state index in [-0.39, 0.29) is 10.9 Å². The lowest BCUT2D eigenvalue weighted by atomic mass is 10.1. The molecule has 0 spiro atoms. The van der Waals surface area contributed by atoms with Crippen molar-refractivity contribution in [3.8, 4) is 22.8 Å². The third-order valence-electron chi connectivity index (χ3n) is 4.84. The number of aryl methyl sites for hydroxylation is 1. The van der Waals surface area contributed by atoms with E-state index in [1.165, 1.54) is 29.5 Å². The normalized spacial score (nSPS) is 12.1. The summed E-state index contributed by atoms with van der Waals surface area (Å²) in [5.41, 5.74) is 2.84. The molecule has 2 heterocycles. The van der Waals surface area contributed by atoms with Crippen LogP contribution in [0.5, 0.6) is 0 Å². The van der Waals surface area contributed by atoms with E-state index in [0.29, 0.717) is 17.3 Å². The number of hydrogen-bond acceptors (Lipinski definition) is 8. The van der Waals surface area contributed by atoms with Gasteiger partial charge in [0.1, 0.15) is 0 Å². The molecule has 0 amide bonds. The molecule has 10 heteroatoms. The van der Waals surface area contributed by atoms with Crippen molar-refractivity contribution in [2.24, 2.45) is 0 Å². The third-order valence-corrected chi connectivity index (χ3v) is 5.90. The van der Waals surface area contributed by atoms with Crippen LogP contribution in [0.3, 0.4) is 0 Å². The molecule has 0 aliphatic carbocycles. The minimum Gasteiger partial charge on any atom is -0.419 e. The monoisotopic (exact) mass is 450 g/mol. The summed E-state index contributed by atoms with van der Waals surface area (Å²) < 4.78 is 7.96. The van der Waals surface area contributed by atoms with Gasteiger partial charge in [-0.1, -0.05) is 42.4 Å². The highest BCUT2D eigenvalue weighted by atomic mass is 32.2. The molecule has 2 aromatic heterocycles. The average Bonchev–Trinajstić information content (AvgIpc) is 3.42. The van der Waals surface area contributed by atoms with Crippen molar-refractivity contribution >= 4 is 17.4 Å². The van der Waals surface area contributed by atoms with E-state index in [0.717, 1.165) is 29.5 Å². The Hall–Kier alpha value is -3.53. The number of aromatic nitrogens is 5.